The van der Waals surface area contributed by atoms with E-state index >= 15 is 0 Å². The molecule has 0 saturated heterocycles. The van der Waals surface area contributed by atoms with E-state index in [1.807, 2.05) is 24.3 Å². The maximum absolute atomic E-state index is 6.05. The SMILES string of the molecule is [CH2]c1ccc(CCc2ccc([CH2])c(Cl)c2)cc1. The van der Waals surface area contributed by atoms with Crippen molar-refractivity contribution < 1.29 is 0 Å². The van der Waals surface area contributed by atoms with Crippen LogP contribution in [0.2, 0.25) is 5.02 Å². The fourth-order valence-corrected chi connectivity index (χ4v) is 1.94. The molecule has 17 heavy (non-hydrogen) atoms. The lowest BCUT2D eigenvalue weighted by Gasteiger charge is -2.05. The van der Waals surface area contributed by atoms with Crippen LogP contribution in [0.4, 0.5) is 0 Å². The van der Waals surface area contributed by atoms with Crippen LogP contribution in [0.5, 0.6) is 0 Å². The van der Waals surface area contributed by atoms with Crippen LogP contribution in [0, 0.1) is 13.8 Å². The first-order valence-corrected chi connectivity index (χ1v) is 6.04. The van der Waals surface area contributed by atoms with Gasteiger partial charge in [-0.15, -0.1) is 0 Å². The van der Waals surface area contributed by atoms with Crippen molar-refractivity contribution in [1.82, 2.24) is 0 Å². The van der Waals surface area contributed by atoms with E-state index in [4.69, 9.17) is 11.6 Å². The lowest BCUT2D eigenvalue weighted by Crippen LogP contribution is -1.92. The summed E-state index contributed by atoms with van der Waals surface area (Å²) in [4.78, 5) is 0. The standard InChI is InChI=1S/C16H15Cl/c1-12-3-6-14(7-4-12)9-10-15-8-5-13(2)16(17)11-15/h3-8,11H,1-2,9-10H2. The van der Waals surface area contributed by atoms with E-state index in [-0.39, 0.29) is 0 Å². The van der Waals surface area contributed by atoms with Crippen LogP contribution in [0.25, 0.3) is 0 Å². The molecular weight excluding hydrogens is 228 g/mol. The summed E-state index contributed by atoms with van der Waals surface area (Å²) in [5.41, 5.74) is 4.52. The first-order valence-electron chi connectivity index (χ1n) is 5.66. The third-order valence-electron chi connectivity index (χ3n) is 2.84. The first-order chi connectivity index (χ1) is 8.15. The fraction of sp³-hybridized carbons (Fsp3) is 0.125. The van der Waals surface area contributed by atoms with Gasteiger partial charge in [0.25, 0.3) is 0 Å². The van der Waals surface area contributed by atoms with Gasteiger partial charge < -0.3 is 0 Å². The van der Waals surface area contributed by atoms with Crippen molar-refractivity contribution in [2.75, 3.05) is 0 Å². The van der Waals surface area contributed by atoms with Gasteiger partial charge in [-0.2, -0.15) is 0 Å². The molecule has 2 rings (SSSR count). The number of aryl methyl sites for hydroxylation is 2. The molecule has 0 heterocycles. The van der Waals surface area contributed by atoms with Crippen molar-refractivity contribution in [2.24, 2.45) is 0 Å². The highest BCUT2D eigenvalue weighted by atomic mass is 35.5. The monoisotopic (exact) mass is 242 g/mol. The van der Waals surface area contributed by atoms with Crippen molar-refractivity contribution >= 4 is 11.6 Å². The Morgan fingerprint density at radius 2 is 1.41 bits per heavy atom. The molecule has 0 bridgehead atoms. The molecule has 0 aromatic heterocycles. The summed E-state index contributed by atoms with van der Waals surface area (Å²) in [5.74, 6) is 0. The lowest BCUT2D eigenvalue weighted by atomic mass is 10.0. The number of halogens is 1. The summed E-state index contributed by atoms with van der Waals surface area (Å²) in [5, 5.41) is 0.746. The van der Waals surface area contributed by atoms with Crippen LogP contribution in [0.3, 0.4) is 0 Å². The number of hydrogen-bond donors (Lipinski definition) is 0. The Bertz CT molecular complexity index is 497. The van der Waals surface area contributed by atoms with E-state index in [0.717, 1.165) is 29.0 Å². The van der Waals surface area contributed by atoms with Gasteiger partial charge in [-0.05, 0) is 55.0 Å². The second kappa shape index (κ2) is 5.37. The van der Waals surface area contributed by atoms with Crippen molar-refractivity contribution in [1.29, 1.82) is 0 Å². The Labute approximate surface area is 108 Å². The predicted octanol–water partition coefficient (Wildman–Crippen LogP) is 4.49. The second-order valence-electron chi connectivity index (χ2n) is 4.24. The molecular formula is C16H15Cl. The van der Waals surface area contributed by atoms with Gasteiger partial charge in [-0.1, -0.05) is 48.0 Å². The van der Waals surface area contributed by atoms with Gasteiger partial charge in [0.05, 0.1) is 0 Å². The number of hydrogen-bond acceptors (Lipinski definition) is 0. The van der Waals surface area contributed by atoms with E-state index in [1.165, 1.54) is 11.1 Å². The molecule has 0 aliphatic carbocycles. The highest BCUT2D eigenvalue weighted by Crippen LogP contribution is 2.18. The fourth-order valence-electron chi connectivity index (χ4n) is 1.74. The molecule has 0 saturated carbocycles. The van der Waals surface area contributed by atoms with Crippen molar-refractivity contribution in [3.05, 3.63) is 83.6 Å². The lowest BCUT2D eigenvalue weighted by molar-refractivity contribution is 0.959. The summed E-state index contributed by atoms with van der Waals surface area (Å²) in [6.07, 6.45) is 2.02. The molecule has 0 aliphatic heterocycles. The minimum absolute atomic E-state index is 0.746. The Kier molecular flexibility index (Phi) is 3.86. The van der Waals surface area contributed by atoms with Crippen LogP contribution in [0.15, 0.2) is 42.5 Å². The van der Waals surface area contributed by atoms with Crippen LogP contribution in [0.1, 0.15) is 22.3 Å². The van der Waals surface area contributed by atoms with Gasteiger partial charge in [-0.25, -0.2) is 0 Å². The summed E-state index contributed by atoms with van der Waals surface area (Å²) < 4.78 is 0. The molecule has 0 nitrogen and oxygen atoms in total. The largest absolute Gasteiger partial charge is 0.0840 e. The van der Waals surface area contributed by atoms with Crippen LogP contribution in [-0.2, 0) is 12.8 Å². The Hall–Kier alpha value is -1.27. The highest BCUT2D eigenvalue weighted by Gasteiger charge is 1.99. The Morgan fingerprint density at radius 3 is 2.06 bits per heavy atom. The summed E-state index contributed by atoms with van der Waals surface area (Å²) >= 11 is 6.05. The van der Waals surface area contributed by atoms with Gasteiger partial charge in [0.1, 0.15) is 0 Å². The number of benzene rings is 2. The molecule has 0 fully saturated rings. The highest BCUT2D eigenvalue weighted by molar-refractivity contribution is 6.31. The first kappa shape index (κ1) is 12.2. The molecule has 0 N–H and O–H groups in total. The maximum Gasteiger partial charge on any atom is 0.0440 e. The van der Waals surface area contributed by atoms with E-state index in [1.54, 1.807) is 0 Å². The molecule has 0 spiro atoms. The molecule has 86 valence electrons. The average molecular weight is 243 g/mol. The molecule has 0 atom stereocenters. The molecule has 0 unspecified atom stereocenters. The minimum atomic E-state index is 0.746. The second-order valence-corrected chi connectivity index (χ2v) is 4.65. The van der Waals surface area contributed by atoms with Gasteiger partial charge in [0.15, 0.2) is 0 Å². The normalized spacial score (nSPS) is 10.5. The third kappa shape index (κ3) is 3.34. The van der Waals surface area contributed by atoms with Gasteiger partial charge >= 0.3 is 0 Å². The zero-order chi connectivity index (χ0) is 12.3. The average Bonchev–Trinajstić information content (AvgIpc) is 2.33. The maximum atomic E-state index is 6.05. The van der Waals surface area contributed by atoms with E-state index in [2.05, 4.69) is 32.0 Å². The van der Waals surface area contributed by atoms with Crippen molar-refractivity contribution in [2.45, 2.75) is 12.8 Å². The summed E-state index contributed by atoms with van der Waals surface area (Å²) in [7, 11) is 0. The van der Waals surface area contributed by atoms with E-state index in [0.29, 0.717) is 0 Å². The third-order valence-corrected chi connectivity index (χ3v) is 3.19. The van der Waals surface area contributed by atoms with Gasteiger partial charge in [0.2, 0.25) is 0 Å². The topological polar surface area (TPSA) is 0 Å². The Balaban J connectivity index is 2.02. The quantitative estimate of drug-likeness (QED) is 0.744. The van der Waals surface area contributed by atoms with Crippen LogP contribution < -0.4 is 0 Å². The van der Waals surface area contributed by atoms with E-state index < -0.39 is 0 Å². The smallest absolute Gasteiger partial charge is 0.0440 e. The minimum Gasteiger partial charge on any atom is -0.0840 e. The Morgan fingerprint density at radius 1 is 0.824 bits per heavy atom. The van der Waals surface area contributed by atoms with Crippen LogP contribution >= 0.6 is 11.6 Å². The number of rotatable bonds is 3. The molecule has 2 radical (unpaired) electrons. The summed E-state index contributed by atoms with van der Waals surface area (Å²) in [6, 6.07) is 14.4. The van der Waals surface area contributed by atoms with Crippen LogP contribution in [-0.4, -0.2) is 0 Å². The van der Waals surface area contributed by atoms with E-state index in [9.17, 15) is 0 Å². The van der Waals surface area contributed by atoms with Gasteiger partial charge in [0, 0.05) is 5.02 Å². The molecule has 0 amide bonds. The molecule has 2 aromatic carbocycles. The predicted molar refractivity (Wildman–Crippen MR) is 74.2 cm³/mol. The molecule has 0 aliphatic rings. The zero-order valence-corrected chi connectivity index (χ0v) is 10.5. The summed E-state index contributed by atoms with van der Waals surface area (Å²) in [6.45, 7) is 7.73. The molecule has 1 heteroatoms. The van der Waals surface area contributed by atoms with Crippen molar-refractivity contribution in [3.63, 3.8) is 0 Å². The zero-order valence-electron chi connectivity index (χ0n) is 9.75. The molecule has 2 aromatic rings. The van der Waals surface area contributed by atoms with Gasteiger partial charge in [-0.3, -0.25) is 0 Å². The van der Waals surface area contributed by atoms with Crippen molar-refractivity contribution in [3.8, 4) is 0 Å².